The lowest BCUT2D eigenvalue weighted by Gasteiger charge is -2.16. The third kappa shape index (κ3) is 6.00. The van der Waals surface area contributed by atoms with Crippen molar-refractivity contribution >= 4 is 38.1 Å². The zero-order chi connectivity index (χ0) is 17.8. The first kappa shape index (κ1) is 22.0. The van der Waals surface area contributed by atoms with Crippen molar-refractivity contribution in [1.29, 1.82) is 0 Å². The molecule has 1 fully saturated rings. The predicted molar refractivity (Wildman–Crippen MR) is 99.5 cm³/mol. The number of hydrogen-bond donors (Lipinski definition) is 3. The molecule has 0 spiro atoms. The van der Waals surface area contributed by atoms with Crippen molar-refractivity contribution in [3.05, 3.63) is 18.2 Å². The summed E-state index contributed by atoms with van der Waals surface area (Å²) in [5.41, 5.74) is -0.0249. The molecule has 1 aromatic rings. The maximum absolute atomic E-state index is 12.6. The van der Waals surface area contributed by atoms with Gasteiger partial charge in [-0.25, -0.2) is 21.6 Å². The van der Waals surface area contributed by atoms with Crippen LogP contribution in [0, 0.1) is 0 Å². The van der Waals surface area contributed by atoms with Crippen LogP contribution >= 0.6 is 12.4 Å². The molecule has 11 heteroatoms. The van der Waals surface area contributed by atoms with Crippen LogP contribution in [0.1, 0.15) is 19.8 Å². The lowest BCUT2D eigenvalue weighted by Crippen LogP contribution is -2.37. The Morgan fingerprint density at radius 1 is 1.28 bits per heavy atom. The van der Waals surface area contributed by atoms with Gasteiger partial charge in [0.05, 0.1) is 18.6 Å². The topological polar surface area (TPSA) is 114 Å². The van der Waals surface area contributed by atoms with Gasteiger partial charge in [0.1, 0.15) is 10.6 Å². The molecule has 0 amide bonds. The number of anilines is 1. The molecule has 8 nitrogen and oxygen atoms in total. The molecular formula is C14H24ClN3O5S2. The minimum Gasteiger partial charge on any atom is -0.497 e. The van der Waals surface area contributed by atoms with Crippen LogP contribution in [0.3, 0.4) is 0 Å². The Labute approximate surface area is 155 Å². The third-order valence-corrected chi connectivity index (χ3v) is 6.58. The standard InChI is InChI=1S/C14H23N3O5S2.ClH/c1-3-23(18,19)17-13-9-12(22-2)6-7-14(13)24(20,21)16-10-11-5-4-8-15-11;/h6-7,9,11,15-17H,3-5,8,10H2,1-2H3;1H. The zero-order valence-electron chi connectivity index (χ0n) is 14.1. The average molecular weight is 414 g/mol. The van der Waals surface area contributed by atoms with Crippen LogP contribution in [0.5, 0.6) is 5.75 Å². The first-order chi connectivity index (χ1) is 11.3. The van der Waals surface area contributed by atoms with Crippen molar-refractivity contribution in [2.24, 2.45) is 0 Å². The van der Waals surface area contributed by atoms with Gasteiger partial charge in [-0.2, -0.15) is 0 Å². The Morgan fingerprint density at radius 2 is 2.00 bits per heavy atom. The number of sulfonamides is 2. The largest absolute Gasteiger partial charge is 0.497 e. The van der Waals surface area contributed by atoms with Crippen molar-refractivity contribution in [3.8, 4) is 5.75 Å². The molecule has 0 saturated carbocycles. The average Bonchev–Trinajstić information content (AvgIpc) is 3.06. The second-order valence-electron chi connectivity index (χ2n) is 5.51. The fourth-order valence-electron chi connectivity index (χ4n) is 2.41. The van der Waals surface area contributed by atoms with E-state index in [-0.39, 0.29) is 41.3 Å². The van der Waals surface area contributed by atoms with Crippen LogP contribution in [-0.4, -0.2) is 48.8 Å². The molecule has 1 atom stereocenters. The molecule has 0 bridgehead atoms. The van der Waals surface area contributed by atoms with Crippen LogP contribution in [0.2, 0.25) is 0 Å². The van der Waals surface area contributed by atoms with Gasteiger partial charge in [0.2, 0.25) is 20.0 Å². The quantitative estimate of drug-likeness (QED) is 0.583. The highest BCUT2D eigenvalue weighted by Crippen LogP contribution is 2.27. The fraction of sp³-hybridized carbons (Fsp3) is 0.571. The Morgan fingerprint density at radius 3 is 2.56 bits per heavy atom. The summed E-state index contributed by atoms with van der Waals surface area (Å²) < 4.78 is 58.7. The number of benzene rings is 1. The molecule has 0 aliphatic carbocycles. The molecule has 3 N–H and O–H groups in total. The van der Waals surface area contributed by atoms with E-state index in [2.05, 4.69) is 14.8 Å². The summed E-state index contributed by atoms with van der Waals surface area (Å²) in [7, 11) is -6.06. The van der Waals surface area contributed by atoms with E-state index in [9.17, 15) is 16.8 Å². The van der Waals surface area contributed by atoms with Gasteiger partial charge in [0.15, 0.2) is 0 Å². The molecular weight excluding hydrogens is 390 g/mol. The smallest absolute Gasteiger partial charge is 0.242 e. The molecule has 0 aromatic heterocycles. The van der Waals surface area contributed by atoms with Gasteiger partial charge >= 0.3 is 0 Å². The van der Waals surface area contributed by atoms with Crippen molar-refractivity contribution < 1.29 is 21.6 Å². The number of hydrogen-bond acceptors (Lipinski definition) is 6. The van der Waals surface area contributed by atoms with Crippen LogP contribution in [0.15, 0.2) is 23.1 Å². The van der Waals surface area contributed by atoms with Crippen LogP contribution in [-0.2, 0) is 20.0 Å². The summed E-state index contributed by atoms with van der Waals surface area (Å²) in [5.74, 6) is 0.198. The number of nitrogens with one attached hydrogen (secondary N) is 3. The van der Waals surface area contributed by atoms with Crippen molar-refractivity contribution in [1.82, 2.24) is 10.0 Å². The van der Waals surface area contributed by atoms with E-state index in [1.165, 1.54) is 32.2 Å². The van der Waals surface area contributed by atoms with Crippen LogP contribution in [0.4, 0.5) is 5.69 Å². The Hall–Kier alpha value is -1.07. The highest BCUT2D eigenvalue weighted by Gasteiger charge is 2.24. The monoisotopic (exact) mass is 413 g/mol. The summed E-state index contributed by atoms with van der Waals surface area (Å²) in [5, 5.41) is 3.20. The highest BCUT2D eigenvalue weighted by atomic mass is 35.5. The Bertz CT molecular complexity index is 778. The molecule has 1 saturated heterocycles. The van der Waals surface area contributed by atoms with E-state index in [0.29, 0.717) is 5.75 Å². The highest BCUT2D eigenvalue weighted by molar-refractivity contribution is 7.93. The molecule has 144 valence electrons. The van der Waals surface area contributed by atoms with Gasteiger partial charge in [0, 0.05) is 18.7 Å². The van der Waals surface area contributed by atoms with E-state index in [1.54, 1.807) is 0 Å². The van der Waals surface area contributed by atoms with Gasteiger partial charge in [-0.05, 0) is 38.4 Å². The molecule has 1 unspecified atom stereocenters. The molecule has 1 aromatic carbocycles. The van der Waals surface area contributed by atoms with E-state index in [1.807, 2.05) is 0 Å². The molecule has 0 radical (unpaired) electrons. The normalized spacial score (nSPS) is 17.8. The summed E-state index contributed by atoms with van der Waals surface area (Å²) in [6.07, 6.45) is 1.91. The molecule has 1 aliphatic heterocycles. The minimum absolute atomic E-state index is 0. The predicted octanol–water partition coefficient (Wildman–Crippen LogP) is 0.909. The van der Waals surface area contributed by atoms with Gasteiger partial charge < -0.3 is 10.1 Å². The van der Waals surface area contributed by atoms with Gasteiger partial charge in [-0.1, -0.05) is 0 Å². The van der Waals surface area contributed by atoms with E-state index < -0.39 is 20.0 Å². The number of rotatable bonds is 8. The van der Waals surface area contributed by atoms with E-state index in [0.717, 1.165) is 19.4 Å². The van der Waals surface area contributed by atoms with Crippen LogP contribution < -0.4 is 19.5 Å². The van der Waals surface area contributed by atoms with Gasteiger partial charge in [-0.3, -0.25) is 4.72 Å². The third-order valence-electron chi connectivity index (χ3n) is 3.80. The van der Waals surface area contributed by atoms with Crippen LogP contribution in [0.25, 0.3) is 0 Å². The first-order valence-electron chi connectivity index (χ1n) is 7.69. The molecule has 25 heavy (non-hydrogen) atoms. The van der Waals surface area contributed by atoms with Gasteiger partial charge in [0.25, 0.3) is 0 Å². The number of ether oxygens (including phenoxy) is 1. The maximum atomic E-state index is 12.6. The summed E-state index contributed by atoms with van der Waals surface area (Å²) >= 11 is 0. The maximum Gasteiger partial charge on any atom is 0.242 e. The van der Waals surface area contributed by atoms with Gasteiger partial charge in [-0.15, -0.1) is 12.4 Å². The van der Waals surface area contributed by atoms with E-state index in [4.69, 9.17) is 4.74 Å². The fourth-order valence-corrected chi connectivity index (χ4v) is 4.34. The van der Waals surface area contributed by atoms with Crippen molar-refractivity contribution in [2.75, 3.05) is 30.7 Å². The molecule has 2 rings (SSSR count). The second kappa shape index (κ2) is 9.04. The number of halogens is 1. The lowest BCUT2D eigenvalue weighted by molar-refractivity contribution is 0.414. The van der Waals surface area contributed by atoms with E-state index >= 15 is 0 Å². The Kier molecular flexibility index (Phi) is 7.94. The first-order valence-corrected chi connectivity index (χ1v) is 10.8. The van der Waals surface area contributed by atoms with Crippen molar-refractivity contribution in [2.45, 2.75) is 30.7 Å². The minimum atomic E-state index is -3.86. The SMILES string of the molecule is CCS(=O)(=O)Nc1cc(OC)ccc1S(=O)(=O)NCC1CCCN1.Cl. The lowest BCUT2D eigenvalue weighted by atomic mass is 10.2. The Balaban J connectivity index is 0.00000312. The number of methoxy groups -OCH3 is 1. The summed E-state index contributed by atoms with van der Waals surface area (Å²) in [6, 6.07) is 4.26. The van der Waals surface area contributed by atoms with Crippen molar-refractivity contribution in [3.63, 3.8) is 0 Å². The molecule has 1 heterocycles. The summed E-state index contributed by atoms with van der Waals surface area (Å²) in [6.45, 7) is 2.60. The second-order valence-corrected chi connectivity index (χ2v) is 9.26. The zero-order valence-corrected chi connectivity index (χ0v) is 16.6. The molecule has 1 aliphatic rings. The summed E-state index contributed by atoms with van der Waals surface area (Å²) in [4.78, 5) is -0.127.